The lowest BCUT2D eigenvalue weighted by Crippen LogP contribution is -2.44. The molecule has 1 atom stereocenters. The Bertz CT molecular complexity index is 223. The van der Waals surface area contributed by atoms with Gasteiger partial charge in [-0.15, -0.1) is 0 Å². The molecular weight excluding hydrogens is 240 g/mol. The number of nitrogens with zero attached hydrogens (tertiary/aromatic N) is 1. The van der Waals surface area contributed by atoms with Gasteiger partial charge in [0.1, 0.15) is 0 Å². The van der Waals surface area contributed by atoms with E-state index in [1.165, 1.54) is 0 Å². The van der Waals surface area contributed by atoms with Gasteiger partial charge in [0, 0.05) is 50.7 Å². The van der Waals surface area contributed by atoms with Crippen molar-refractivity contribution in [2.24, 2.45) is 0 Å². The Balaban J connectivity index is 2.34. The minimum Gasteiger partial charge on any atom is -0.395 e. The van der Waals surface area contributed by atoms with Gasteiger partial charge >= 0.3 is 0 Å². The highest BCUT2D eigenvalue weighted by molar-refractivity contribution is 7.99. The maximum atomic E-state index is 12.0. The van der Waals surface area contributed by atoms with Crippen LogP contribution in [0, 0.1) is 0 Å². The normalized spacial score (nSPS) is 20.2. The van der Waals surface area contributed by atoms with Crippen LogP contribution in [-0.4, -0.2) is 73.4 Å². The van der Waals surface area contributed by atoms with Crippen molar-refractivity contribution < 1.29 is 14.6 Å². The average Bonchev–Trinajstić information content (AvgIpc) is 2.35. The van der Waals surface area contributed by atoms with E-state index < -0.39 is 0 Å². The van der Waals surface area contributed by atoms with Gasteiger partial charge in [0.25, 0.3) is 0 Å². The SMILES string of the molecule is COCCN(CCO)C(=O)CC1CSCCN1. The molecule has 0 aromatic rings. The standard InChI is InChI=1S/C11H22N2O3S/c1-16-6-4-13(3-5-14)11(15)8-10-9-17-7-2-12-10/h10,12,14H,2-9H2,1H3. The summed E-state index contributed by atoms with van der Waals surface area (Å²) in [4.78, 5) is 13.7. The van der Waals surface area contributed by atoms with Gasteiger partial charge in [0.2, 0.25) is 5.91 Å². The number of thioether (sulfide) groups is 1. The second-order valence-corrected chi connectivity index (χ2v) is 5.18. The molecule has 6 heteroatoms. The fraction of sp³-hybridized carbons (Fsp3) is 0.909. The van der Waals surface area contributed by atoms with Crippen LogP contribution < -0.4 is 5.32 Å². The quantitative estimate of drug-likeness (QED) is 0.651. The third-order valence-corrected chi connectivity index (χ3v) is 3.84. The average molecular weight is 262 g/mol. The molecule has 1 unspecified atom stereocenters. The molecule has 1 amide bonds. The van der Waals surface area contributed by atoms with E-state index in [0.717, 1.165) is 18.1 Å². The van der Waals surface area contributed by atoms with Crippen LogP contribution in [0.1, 0.15) is 6.42 Å². The number of methoxy groups -OCH3 is 1. The van der Waals surface area contributed by atoms with Gasteiger partial charge in [0.15, 0.2) is 0 Å². The molecule has 0 saturated carbocycles. The number of carbonyl (C=O) groups is 1. The second kappa shape index (κ2) is 8.74. The van der Waals surface area contributed by atoms with Crippen molar-refractivity contribution in [2.45, 2.75) is 12.5 Å². The first kappa shape index (κ1) is 14.8. The molecule has 0 aromatic carbocycles. The Morgan fingerprint density at radius 2 is 2.41 bits per heavy atom. The first-order valence-electron chi connectivity index (χ1n) is 5.96. The summed E-state index contributed by atoms with van der Waals surface area (Å²) in [7, 11) is 1.61. The molecule has 1 saturated heterocycles. The van der Waals surface area contributed by atoms with Crippen molar-refractivity contribution in [1.82, 2.24) is 10.2 Å². The molecule has 1 rings (SSSR count). The molecule has 0 aliphatic carbocycles. The van der Waals surface area contributed by atoms with E-state index in [0.29, 0.717) is 26.1 Å². The highest BCUT2D eigenvalue weighted by atomic mass is 32.2. The maximum absolute atomic E-state index is 12.0. The third kappa shape index (κ3) is 5.72. The van der Waals surface area contributed by atoms with Gasteiger partial charge in [-0.3, -0.25) is 4.79 Å². The minimum atomic E-state index is 0.00228. The van der Waals surface area contributed by atoms with Crippen molar-refractivity contribution in [3.8, 4) is 0 Å². The monoisotopic (exact) mass is 262 g/mol. The lowest BCUT2D eigenvalue weighted by Gasteiger charge is -2.27. The van der Waals surface area contributed by atoms with Crippen LogP contribution in [0.15, 0.2) is 0 Å². The highest BCUT2D eigenvalue weighted by Gasteiger charge is 2.20. The number of ether oxygens (including phenoxy) is 1. The summed E-state index contributed by atoms with van der Waals surface area (Å²) in [6, 6.07) is 0.269. The second-order valence-electron chi connectivity index (χ2n) is 4.03. The Labute approximate surface area is 107 Å². The van der Waals surface area contributed by atoms with Gasteiger partial charge in [0.05, 0.1) is 13.2 Å². The van der Waals surface area contributed by atoms with Crippen molar-refractivity contribution in [2.75, 3.05) is 51.5 Å². The van der Waals surface area contributed by atoms with Gasteiger partial charge in [-0.1, -0.05) is 0 Å². The van der Waals surface area contributed by atoms with Crippen molar-refractivity contribution in [3.05, 3.63) is 0 Å². The Morgan fingerprint density at radius 3 is 3.00 bits per heavy atom. The number of rotatable bonds is 7. The van der Waals surface area contributed by atoms with E-state index in [1.54, 1.807) is 12.0 Å². The molecule has 2 N–H and O–H groups in total. The number of hydrogen-bond donors (Lipinski definition) is 2. The molecule has 1 heterocycles. The van der Waals surface area contributed by atoms with Crippen LogP contribution in [0.4, 0.5) is 0 Å². The summed E-state index contributed by atoms with van der Waals surface area (Å²) in [5, 5.41) is 12.3. The minimum absolute atomic E-state index is 0.00228. The van der Waals surface area contributed by atoms with E-state index in [1.807, 2.05) is 11.8 Å². The topological polar surface area (TPSA) is 61.8 Å². The van der Waals surface area contributed by atoms with E-state index in [2.05, 4.69) is 5.32 Å². The van der Waals surface area contributed by atoms with Gasteiger partial charge in [-0.2, -0.15) is 11.8 Å². The number of hydrogen-bond acceptors (Lipinski definition) is 5. The van der Waals surface area contributed by atoms with Crippen LogP contribution in [0.2, 0.25) is 0 Å². The van der Waals surface area contributed by atoms with Gasteiger partial charge in [-0.25, -0.2) is 0 Å². The lowest BCUT2D eigenvalue weighted by molar-refractivity contribution is -0.132. The largest absolute Gasteiger partial charge is 0.395 e. The molecule has 5 nitrogen and oxygen atoms in total. The zero-order valence-corrected chi connectivity index (χ0v) is 11.2. The third-order valence-electron chi connectivity index (χ3n) is 2.71. The maximum Gasteiger partial charge on any atom is 0.224 e. The summed E-state index contributed by atoms with van der Waals surface area (Å²) in [5.74, 6) is 2.20. The number of amides is 1. The van der Waals surface area contributed by atoms with Crippen LogP contribution in [0.3, 0.4) is 0 Å². The number of nitrogens with one attached hydrogen (secondary N) is 1. The predicted octanol–water partition coefficient (Wildman–Crippen LogP) is -0.451. The van der Waals surface area contributed by atoms with Crippen LogP contribution in [0.25, 0.3) is 0 Å². The first-order chi connectivity index (χ1) is 8.27. The summed E-state index contributed by atoms with van der Waals surface area (Å²) in [6.07, 6.45) is 0.511. The van der Waals surface area contributed by atoms with E-state index in [4.69, 9.17) is 9.84 Å². The van der Waals surface area contributed by atoms with Crippen LogP contribution in [-0.2, 0) is 9.53 Å². The Hall–Kier alpha value is -0.300. The highest BCUT2D eigenvalue weighted by Crippen LogP contribution is 2.11. The molecule has 100 valence electrons. The molecular formula is C11H22N2O3S. The summed E-state index contributed by atoms with van der Waals surface area (Å²) in [6.45, 7) is 2.43. The Morgan fingerprint density at radius 1 is 1.59 bits per heavy atom. The van der Waals surface area contributed by atoms with Crippen molar-refractivity contribution in [3.63, 3.8) is 0 Å². The fourth-order valence-electron chi connectivity index (χ4n) is 1.77. The van der Waals surface area contributed by atoms with E-state index in [-0.39, 0.29) is 18.6 Å². The van der Waals surface area contributed by atoms with Crippen LogP contribution in [0.5, 0.6) is 0 Å². The molecule has 0 spiro atoms. The van der Waals surface area contributed by atoms with Gasteiger partial charge < -0.3 is 20.1 Å². The zero-order valence-electron chi connectivity index (χ0n) is 10.4. The molecule has 1 fully saturated rings. The number of aliphatic hydroxyl groups is 1. The van der Waals surface area contributed by atoms with Gasteiger partial charge in [-0.05, 0) is 0 Å². The number of aliphatic hydroxyl groups excluding tert-OH is 1. The molecule has 0 bridgehead atoms. The molecule has 0 aromatic heterocycles. The molecule has 1 aliphatic heterocycles. The summed E-state index contributed by atoms with van der Waals surface area (Å²) < 4.78 is 4.96. The van der Waals surface area contributed by atoms with Crippen molar-refractivity contribution in [1.29, 1.82) is 0 Å². The summed E-state index contributed by atoms with van der Waals surface area (Å²) in [5.41, 5.74) is 0. The molecule has 0 radical (unpaired) electrons. The lowest BCUT2D eigenvalue weighted by atomic mass is 10.2. The summed E-state index contributed by atoms with van der Waals surface area (Å²) >= 11 is 1.88. The smallest absolute Gasteiger partial charge is 0.224 e. The fourth-order valence-corrected chi connectivity index (χ4v) is 2.72. The van der Waals surface area contributed by atoms with Crippen LogP contribution >= 0.6 is 11.8 Å². The predicted molar refractivity (Wildman–Crippen MR) is 69.3 cm³/mol. The molecule has 1 aliphatic rings. The van der Waals surface area contributed by atoms with Crippen molar-refractivity contribution >= 4 is 17.7 Å². The van der Waals surface area contributed by atoms with E-state index >= 15 is 0 Å². The first-order valence-corrected chi connectivity index (χ1v) is 7.12. The number of carbonyl (C=O) groups excluding carboxylic acids is 1. The molecule has 17 heavy (non-hydrogen) atoms. The van der Waals surface area contributed by atoms with E-state index in [9.17, 15) is 4.79 Å². The Kier molecular flexibility index (Phi) is 7.59. The zero-order chi connectivity index (χ0) is 12.5.